The Labute approximate surface area is 141 Å². The van der Waals surface area contributed by atoms with Gasteiger partial charge in [-0.3, -0.25) is 5.43 Å². The molecule has 0 aromatic heterocycles. The number of nitrogens with one attached hydrogen (secondary N) is 1. The lowest BCUT2D eigenvalue weighted by atomic mass is 10.2. The molecule has 3 N–H and O–H groups in total. The first-order chi connectivity index (χ1) is 10.6. The highest BCUT2D eigenvalue weighted by atomic mass is 79.9. The summed E-state index contributed by atoms with van der Waals surface area (Å²) in [5.74, 6) is 0.268. The molecule has 0 amide bonds. The second kappa shape index (κ2) is 7.86. The zero-order chi connectivity index (χ0) is 15.9. The molecule has 22 heavy (non-hydrogen) atoms. The Morgan fingerprint density at radius 2 is 2.14 bits per heavy atom. The monoisotopic (exact) mass is 381 g/mol. The van der Waals surface area contributed by atoms with Crippen molar-refractivity contribution in [2.75, 3.05) is 0 Å². The number of nitrogens with zero attached hydrogens (tertiary/aromatic N) is 1. The van der Waals surface area contributed by atoms with E-state index in [1.54, 1.807) is 24.3 Å². The van der Waals surface area contributed by atoms with Crippen molar-refractivity contribution in [1.29, 1.82) is 0 Å². The third-order valence-corrected chi connectivity index (χ3v) is 3.28. The molecule has 0 aliphatic carbocycles. The molecule has 0 heterocycles. The molecular formula is C15H13BrFN3OS. The van der Waals surface area contributed by atoms with Crippen molar-refractivity contribution in [3.8, 4) is 5.75 Å². The maximum atomic E-state index is 13.6. The van der Waals surface area contributed by atoms with E-state index in [1.807, 2.05) is 12.1 Å². The number of hydrogen-bond donors (Lipinski definition) is 2. The maximum absolute atomic E-state index is 13.6. The lowest BCUT2D eigenvalue weighted by molar-refractivity contribution is 0.299. The van der Waals surface area contributed by atoms with Crippen LogP contribution in [0.25, 0.3) is 0 Å². The molecule has 0 bridgehead atoms. The molecule has 0 aliphatic rings. The minimum Gasteiger partial charge on any atom is -0.488 e. The standard InChI is InChI=1S/C15H13BrFN3OS/c16-12-5-6-14(11(7-12)8-19-20-15(18)22)21-9-10-3-1-2-4-13(10)17/h1-8H,9H2,(H3,18,20,22). The third kappa shape index (κ3) is 4.78. The van der Waals surface area contributed by atoms with Crippen molar-refractivity contribution in [3.05, 3.63) is 63.9 Å². The van der Waals surface area contributed by atoms with Gasteiger partial charge in [0.2, 0.25) is 0 Å². The number of halogens is 2. The second-order valence-electron chi connectivity index (χ2n) is 4.30. The highest BCUT2D eigenvalue weighted by Gasteiger charge is 2.06. The molecule has 0 saturated heterocycles. The summed E-state index contributed by atoms with van der Waals surface area (Å²) >= 11 is 8.05. The number of rotatable bonds is 5. The average Bonchev–Trinajstić information content (AvgIpc) is 2.47. The van der Waals surface area contributed by atoms with Crippen LogP contribution in [0.4, 0.5) is 4.39 Å². The van der Waals surface area contributed by atoms with Crippen LogP contribution in [-0.2, 0) is 6.61 Å². The molecule has 114 valence electrons. The van der Waals surface area contributed by atoms with Crippen LogP contribution in [0.5, 0.6) is 5.75 Å². The van der Waals surface area contributed by atoms with Gasteiger partial charge in [0, 0.05) is 15.6 Å². The molecule has 0 fully saturated rings. The van der Waals surface area contributed by atoms with E-state index in [0.717, 1.165) is 4.47 Å². The van der Waals surface area contributed by atoms with E-state index in [2.05, 4.69) is 38.7 Å². The lowest BCUT2D eigenvalue weighted by Crippen LogP contribution is -2.24. The van der Waals surface area contributed by atoms with E-state index in [0.29, 0.717) is 16.9 Å². The molecule has 0 unspecified atom stereocenters. The fourth-order valence-corrected chi connectivity index (χ4v) is 2.12. The minimum atomic E-state index is -0.301. The van der Waals surface area contributed by atoms with Crippen molar-refractivity contribution in [2.45, 2.75) is 6.61 Å². The smallest absolute Gasteiger partial charge is 0.184 e. The van der Waals surface area contributed by atoms with Crippen molar-refractivity contribution in [1.82, 2.24) is 5.43 Å². The highest BCUT2D eigenvalue weighted by molar-refractivity contribution is 9.10. The van der Waals surface area contributed by atoms with E-state index in [4.69, 9.17) is 10.5 Å². The van der Waals surface area contributed by atoms with Crippen molar-refractivity contribution in [3.63, 3.8) is 0 Å². The first kappa shape index (κ1) is 16.4. The summed E-state index contributed by atoms with van der Waals surface area (Å²) in [7, 11) is 0. The van der Waals surface area contributed by atoms with Gasteiger partial charge in [-0.2, -0.15) is 5.10 Å². The molecule has 0 saturated carbocycles. The molecule has 7 heteroatoms. The van der Waals surface area contributed by atoms with Crippen LogP contribution in [-0.4, -0.2) is 11.3 Å². The molecule has 2 rings (SSSR count). The summed E-state index contributed by atoms with van der Waals surface area (Å²) in [6.45, 7) is 0.123. The zero-order valence-corrected chi connectivity index (χ0v) is 13.8. The van der Waals surface area contributed by atoms with Crippen LogP contribution in [0, 0.1) is 5.82 Å². The lowest BCUT2D eigenvalue weighted by Gasteiger charge is -2.10. The average molecular weight is 382 g/mol. The van der Waals surface area contributed by atoms with Crippen molar-refractivity contribution < 1.29 is 9.13 Å². The SMILES string of the molecule is NC(=S)NN=Cc1cc(Br)ccc1OCc1ccccc1F. The predicted molar refractivity (Wildman–Crippen MR) is 92.4 cm³/mol. The largest absolute Gasteiger partial charge is 0.488 e. The van der Waals surface area contributed by atoms with E-state index in [1.165, 1.54) is 12.3 Å². The van der Waals surface area contributed by atoms with Crippen LogP contribution in [0.15, 0.2) is 52.0 Å². The Morgan fingerprint density at radius 3 is 2.86 bits per heavy atom. The fraction of sp³-hybridized carbons (Fsp3) is 0.0667. The van der Waals surface area contributed by atoms with Gasteiger partial charge in [-0.15, -0.1) is 0 Å². The van der Waals surface area contributed by atoms with Crippen LogP contribution in [0.3, 0.4) is 0 Å². The number of ether oxygens (including phenoxy) is 1. The van der Waals surface area contributed by atoms with Gasteiger partial charge in [-0.1, -0.05) is 34.1 Å². The van der Waals surface area contributed by atoms with Crippen LogP contribution in [0.1, 0.15) is 11.1 Å². The first-order valence-electron chi connectivity index (χ1n) is 6.30. The van der Waals surface area contributed by atoms with Crippen LogP contribution < -0.4 is 15.9 Å². The molecular weight excluding hydrogens is 369 g/mol. The Balaban J connectivity index is 2.14. The fourth-order valence-electron chi connectivity index (χ4n) is 1.69. The number of hydrazone groups is 1. The molecule has 0 atom stereocenters. The number of benzene rings is 2. The molecule has 0 aliphatic heterocycles. The van der Waals surface area contributed by atoms with Gasteiger partial charge in [-0.05, 0) is 36.5 Å². The summed E-state index contributed by atoms with van der Waals surface area (Å²) in [6.07, 6.45) is 1.53. The summed E-state index contributed by atoms with van der Waals surface area (Å²) in [5.41, 5.74) is 8.96. The van der Waals surface area contributed by atoms with Gasteiger partial charge in [0.05, 0.1) is 6.21 Å². The summed E-state index contributed by atoms with van der Waals surface area (Å²) in [5, 5.41) is 3.97. The van der Waals surface area contributed by atoms with Gasteiger partial charge in [0.1, 0.15) is 18.2 Å². The minimum absolute atomic E-state index is 0.0695. The van der Waals surface area contributed by atoms with E-state index >= 15 is 0 Å². The van der Waals surface area contributed by atoms with Crippen LogP contribution >= 0.6 is 28.1 Å². The first-order valence-corrected chi connectivity index (χ1v) is 7.50. The van der Waals surface area contributed by atoms with E-state index in [-0.39, 0.29) is 17.5 Å². The Hall–Kier alpha value is -1.99. The van der Waals surface area contributed by atoms with Crippen LogP contribution in [0.2, 0.25) is 0 Å². The maximum Gasteiger partial charge on any atom is 0.184 e. The predicted octanol–water partition coefficient (Wildman–Crippen LogP) is 3.33. The second-order valence-corrected chi connectivity index (χ2v) is 5.65. The molecule has 2 aromatic carbocycles. The molecule has 2 aromatic rings. The molecule has 0 radical (unpaired) electrons. The Bertz CT molecular complexity index is 709. The quantitative estimate of drug-likeness (QED) is 0.473. The Morgan fingerprint density at radius 1 is 1.36 bits per heavy atom. The number of nitrogens with two attached hydrogens (primary N) is 1. The summed E-state index contributed by atoms with van der Waals surface area (Å²) in [6, 6.07) is 11.9. The third-order valence-electron chi connectivity index (χ3n) is 2.69. The van der Waals surface area contributed by atoms with Crippen molar-refractivity contribution >= 4 is 39.5 Å². The highest BCUT2D eigenvalue weighted by Crippen LogP contribution is 2.23. The Kier molecular flexibility index (Phi) is 5.85. The number of hydrogen-bond acceptors (Lipinski definition) is 3. The zero-order valence-electron chi connectivity index (χ0n) is 11.4. The topological polar surface area (TPSA) is 59.6 Å². The summed E-state index contributed by atoms with van der Waals surface area (Å²) < 4.78 is 20.1. The molecule has 4 nitrogen and oxygen atoms in total. The van der Waals surface area contributed by atoms with Crippen molar-refractivity contribution in [2.24, 2.45) is 10.8 Å². The van der Waals surface area contributed by atoms with E-state index in [9.17, 15) is 4.39 Å². The van der Waals surface area contributed by atoms with Gasteiger partial charge in [-0.25, -0.2) is 4.39 Å². The molecule has 0 spiro atoms. The van der Waals surface area contributed by atoms with Gasteiger partial charge in [0.25, 0.3) is 0 Å². The number of thiocarbonyl (C=S) groups is 1. The summed E-state index contributed by atoms with van der Waals surface area (Å²) in [4.78, 5) is 0. The normalized spacial score (nSPS) is 10.6. The van der Waals surface area contributed by atoms with Gasteiger partial charge in [0.15, 0.2) is 5.11 Å². The van der Waals surface area contributed by atoms with Gasteiger partial charge < -0.3 is 10.5 Å². The van der Waals surface area contributed by atoms with Gasteiger partial charge >= 0.3 is 0 Å². The van der Waals surface area contributed by atoms with E-state index < -0.39 is 0 Å².